The first kappa shape index (κ1) is 31.6. The van der Waals surface area contributed by atoms with Gasteiger partial charge in [0.05, 0.1) is 46.0 Å². The van der Waals surface area contributed by atoms with Gasteiger partial charge in [-0.05, 0) is 33.8 Å². The first-order valence-electron chi connectivity index (χ1n) is 8.57. The number of hydrogen-bond acceptors (Lipinski definition) is 8. The van der Waals surface area contributed by atoms with E-state index < -0.39 is 32.1 Å². The van der Waals surface area contributed by atoms with Crippen LogP contribution in [0, 0.1) is 6.42 Å². The van der Waals surface area contributed by atoms with Crippen LogP contribution in [0.25, 0.3) is 0 Å². The molecule has 1 saturated heterocycles. The van der Waals surface area contributed by atoms with Crippen molar-refractivity contribution in [1.82, 2.24) is 0 Å². The Bertz CT molecular complexity index is 450. The maximum atomic E-state index is 12.1. The van der Waals surface area contributed by atoms with Crippen LogP contribution >= 0.6 is 7.82 Å². The van der Waals surface area contributed by atoms with Crippen LogP contribution in [0.1, 0.15) is 27.7 Å². The zero-order valence-electron chi connectivity index (χ0n) is 16.6. The Labute approximate surface area is 199 Å². The van der Waals surface area contributed by atoms with Gasteiger partial charge in [-0.25, -0.2) is 0 Å². The van der Waals surface area contributed by atoms with E-state index in [0.717, 1.165) is 0 Å². The molecule has 0 amide bonds. The monoisotopic (exact) mass is 756 g/mol. The molecule has 0 bridgehead atoms. The topological polar surface area (TPSA) is 95.5 Å². The summed E-state index contributed by atoms with van der Waals surface area (Å²) in [6.45, 7) is 7.32. The molecule has 1 heterocycles. The molecule has 0 spiro atoms. The summed E-state index contributed by atoms with van der Waals surface area (Å²) < 4.78 is 43.5. The Kier molecular flexibility index (Phi) is 18.2. The Morgan fingerprint density at radius 1 is 1.11 bits per heavy atom. The van der Waals surface area contributed by atoms with Gasteiger partial charge in [0.2, 0.25) is 0 Å². The average Bonchev–Trinajstić information content (AvgIpc) is 2.86. The summed E-state index contributed by atoms with van der Waals surface area (Å²) in [6.07, 6.45) is -0.812. The Morgan fingerprint density at radius 2 is 1.71 bits per heavy atom. The van der Waals surface area contributed by atoms with E-state index in [-0.39, 0.29) is 80.7 Å². The molecular weight excluding hydrogens is 728 g/mol. The maximum absolute atomic E-state index is 12.1. The van der Waals surface area contributed by atoms with Gasteiger partial charge in [-0.3, -0.25) is 11.0 Å². The van der Waals surface area contributed by atoms with Crippen molar-refractivity contribution < 1.29 is 79.6 Å². The SMILES string of the molecule is [B]CO[C@@H](COC(C)C)COP(=O)([O-])O[C@@H]1[CH-][C@H]([B])O[C@@H]1COC(C)C.[W].[W]. The molecule has 1 rings (SSSR count). The third kappa shape index (κ3) is 13.7. The van der Waals surface area contributed by atoms with Crippen LogP contribution in [0.2, 0.25) is 0 Å². The van der Waals surface area contributed by atoms with E-state index in [1.54, 1.807) is 0 Å². The van der Waals surface area contributed by atoms with Crippen LogP contribution in [-0.2, 0) is 74.7 Å². The Morgan fingerprint density at radius 3 is 2.25 bits per heavy atom. The zero-order chi connectivity index (χ0) is 19.7. The predicted octanol–water partition coefficient (Wildman–Crippen LogP) is 0.310. The molecule has 0 aromatic heterocycles. The third-order valence-electron chi connectivity index (χ3n) is 3.29. The smallest absolute Gasteiger partial charge is 0.265 e. The minimum Gasteiger partial charge on any atom is -0.756 e. The van der Waals surface area contributed by atoms with E-state index >= 15 is 0 Å². The number of phosphoric ester groups is 1. The average molecular weight is 756 g/mol. The van der Waals surface area contributed by atoms with Gasteiger partial charge in [0.1, 0.15) is 14.0 Å². The zero-order valence-corrected chi connectivity index (χ0v) is 23.3. The molecule has 160 valence electrons. The molecule has 1 aliphatic heterocycles. The number of ether oxygens (including phenoxy) is 4. The Balaban J connectivity index is 0. The van der Waals surface area contributed by atoms with E-state index in [9.17, 15) is 9.46 Å². The molecule has 0 N–H and O–H groups in total. The molecule has 5 atom stereocenters. The molecule has 0 aromatic carbocycles. The molecule has 0 saturated carbocycles. The Hall–Kier alpha value is 1.46. The largest absolute Gasteiger partial charge is 0.756 e. The fourth-order valence-electron chi connectivity index (χ4n) is 2.09. The second-order valence-electron chi connectivity index (χ2n) is 6.36. The summed E-state index contributed by atoms with van der Waals surface area (Å²) in [5.74, 6) is 0. The fourth-order valence-corrected chi connectivity index (χ4v) is 3.01. The first-order chi connectivity index (χ1) is 12.1. The van der Waals surface area contributed by atoms with Crippen molar-refractivity contribution in [3.8, 4) is 0 Å². The van der Waals surface area contributed by atoms with Crippen molar-refractivity contribution in [3.63, 3.8) is 0 Å². The normalized spacial score (nSPS) is 25.2. The molecular formula is C15H27B2O8PW2-2. The molecule has 4 radical (unpaired) electrons. The number of phosphoric acid groups is 1. The van der Waals surface area contributed by atoms with Crippen LogP contribution < -0.4 is 4.89 Å². The summed E-state index contributed by atoms with van der Waals surface area (Å²) in [4.78, 5) is 12.1. The van der Waals surface area contributed by atoms with Gasteiger partial charge >= 0.3 is 0 Å². The van der Waals surface area contributed by atoms with Crippen LogP contribution in [0.15, 0.2) is 0 Å². The minimum absolute atomic E-state index is 0. The van der Waals surface area contributed by atoms with Crippen molar-refractivity contribution >= 4 is 23.5 Å². The molecule has 8 nitrogen and oxygen atoms in total. The van der Waals surface area contributed by atoms with Crippen molar-refractivity contribution in [2.45, 2.75) is 64.2 Å². The summed E-state index contributed by atoms with van der Waals surface area (Å²) in [6, 6.07) is -0.742. The second kappa shape index (κ2) is 16.1. The predicted molar refractivity (Wildman–Crippen MR) is 94.8 cm³/mol. The van der Waals surface area contributed by atoms with Crippen LogP contribution in [0.4, 0.5) is 0 Å². The molecule has 1 unspecified atom stereocenters. The van der Waals surface area contributed by atoms with Crippen molar-refractivity contribution in [2.75, 3.05) is 26.3 Å². The fraction of sp³-hybridized carbons (Fsp3) is 0.933. The number of hydrogen-bond donors (Lipinski definition) is 0. The van der Waals surface area contributed by atoms with E-state index in [1.807, 2.05) is 27.7 Å². The molecule has 1 fully saturated rings. The summed E-state index contributed by atoms with van der Waals surface area (Å²) in [5.41, 5.74) is 0. The molecule has 1 aliphatic rings. The van der Waals surface area contributed by atoms with E-state index in [2.05, 4.69) is 0 Å². The van der Waals surface area contributed by atoms with E-state index in [1.165, 1.54) is 6.42 Å². The first-order valence-corrected chi connectivity index (χ1v) is 10.0. The van der Waals surface area contributed by atoms with Crippen LogP contribution in [-0.4, -0.2) is 78.5 Å². The van der Waals surface area contributed by atoms with Crippen LogP contribution in [0.3, 0.4) is 0 Å². The van der Waals surface area contributed by atoms with Gasteiger partial charge < -0.3 is 32.9 Å². The third-order valence-corrected chi connectivity index (χ3v) is 4.26. The molecule has 28 heavy (non-hydrogen) atoms. The summed E-state index contributed by atoms with van der Waals surface area (Å²) in [7, 11) is 6.38. The van der Waals surface area contributed by atoms with Gasteiger partial charge in [-0.1, -0.05) is 6.00 Å². The van der Waals surface area contributed by atoms with Crippen LogP contribution in [0.5, 0.6) is 0 Å². The van der Waals surface area contributed by atoms with Gasteiger partial charge in [-0.15, -0.1) is 0 Å². The van der Waals surface area contributed by atoms with E-state index in [0.29, 0.717) is 0 Å². The quantitative estimate of drug-likeness (QED) is 0.151. The molecule has 0 aromatic rings. The minimum atomic E-state index is -4.63. The number of rotatable bonds is 13. The van der Waals surface area contributed by atoms with Crippen molar-refractivity contribution in [1.29, 1.82) is 0 Å². The standard InChI is InChI=1S/C15H28B2O8P.2W/c1-10(2)20-6-12(22-9-16)7-23-26(18,19)25-13-5-15(17)24-14(13)8-21-11(3)4;;/h5,10-15H,6-9H2,1-4H3,(H,18,19);;/q-1;;/p-1/t12-,13+,14+,15+;;/m0../s1. The molecule has 0 aliphatic carbocycles. The summed E-state index contributed by atoms with van der Waals surface area (Å²) >= 11 is 0. The van der Waals surface area contributed by atoms with Gasteiger partial charge in [0, 0.05) is 48.6 Å². The maximum Gasteiger partial charge on any atom is 0.265 e. The van der Waals surface area contributed by atoms with Crippen molar-refractivity contribution in [2.24, 2.45) is 0 Å². The van der Waals surface area contributed by atoms with Gasteiger partial charge in [-0.2, -0.15) is 0 Å². The summed E-state index contributed by atoms with van der Waals surface area (Å²) in [5, 5.41) is 0. The van der Waals surface area contributed by atoms with Gasteiger partial charge in [0.15, 0.2) is 0 Å². The van der Waals surface area contributed by atoms with E-state index in [4.69, 9.17) is 43.7 Å². The molecule has 13 heteroatoms. The van der Waals surface area contributed by atoms with Gasteiger partial charge in [0.25, 0.3) is 7.82 Å². The van der Waals surface area contributed by atoms with Crippen molar-refractivity contribution in [3.05, 3.63) is 6.42 Å². The second-order valence-corrected chi connectivity index (χ2v) is 7.73.